The first kappa shape index (κ1) is 30.5. The lowest BCUT2D eigenvalue weighted by Crippen LogP contribution is -2.53. The molecule has 1 aromatic heterocycles. The molecule has 0 radical (unpaired) electrons. The first-order valence-corrected chi connectivity index (χ1v) is 19.9. The predicted molar refractivity (Wildman–Crippen MR) is 153 cm³/mol. The number of thioether (sulfide) groups is 1. The number of thiazole rings is 1. The minimum atomic E-state index is -2.28. The first-order chi connectivity index (χ1) is 15.7. The summed E-state index contributed by atoms with van der Waals surface area (Å²) in [5, 5.41) is 4.62. The average molecular weight is 560 g/mol. The van der Waals surface area contributed by atoms with E-state index in [9.17, 15) is 9.59 Å². The third kappa shape index (κ3) is 7.64. The molecule has 1 aliphatic rings. The molecule has 0 aromatic carbocycles. The summed E-state index contributed by atoms with van der Waals surface area (Å²) in [4.78, 5) is 31.8. The molecule has 2 heterocycles. The summed E-state index contributed by atoms with van der Waals surface area (Å²) in [6, 6.07) is -0.253. The van der Waals surface area contributed by atoms with Crippen molar-refractivity contribution in [2.75, 3.05) is 24.6 Å². The molecule has 1 unspecified atom stereocenters. The van der Waals surface area contributed by atoms with Gasteiger partial charge in [0.05, 0.1) is 12.6 Å². The molecule has 1 aliphatic heterocycles. The van der Waals surface area contributed by atoms with Crippen molar-refractivity contribution in [3.8, 4) is 0 Å². The normalized spacial score (nSPS) is 16.7. The highest BCUT2D eigenvalue weighted by Crippen LogP contribution is 2.39. The van der Waals surface area contributed by atoms with Gasteiger partial charge < -0.3 is 13.9 Å². The van der Waals surface area contributed by atoms with Crippen LogP contribution < -0.4 is 4.90 Å². The molecule has 0 bridgehead atoms. The number of amides is 1. The van der Waals surface area contributed by atoms with Crippen LogP contribution in [0.25, 0.3) is 0 Å². The molecule has 11 heteroatoms. The summed E-state index contributed by atoms with van der Waals surface area (Å²) in [6.45, 7) is 27.4. The van der Waals surface area contributed by atoms with Crippen molar-refractivity contribution in [3.05, 3.63) is 11.1 Å². The van der Waals surface area contributed by atoms with Crippen LogP contribution in [0.15, 0.2) is 5.38 Å². The van der Waals surface area contributed by atoms with E-state index >= 15 is 0 Å². The second kappa shape index (κ2) is 10.9. The van der Waals surface area contributed by atoms with E-state index in [0.717, 1.165) is 18.2 Å². The Morgan fingerprint density at radius 3 is 2.17 bits per heavy atom. The molecule has 0 saturated carbocycles. The lowest BCUT2D eigenvalue weighted by atomic mass is 10.2. The fourth-order valence-electron chi connectivity index (χ4n) is 2.85. The highest BCUT2D eigenvalue weighted by Gasteiger charge is 2.43. The summed E-state index contributed by atoms with van der Waals surface area (Å²) in [7, 11) is -4.26. The van der Waals surface area contributed by atoms with E-state index in [1.54, 1.807) is 6.92 Å². The number of carbonyl (C=O) groups excluding carboxylic acids is 2. The molecular formula is C24H45N3O4S2Si2. The summed E-state index contributed by atoms with van der Waals surface area (Å²) in [5.41, 5.74) is 0.394. The number of nitrogens with zero attached hydrogens (tertiary/aromatic N) is 3. The van der Waals surface area contributed by atoms with Crippen molar-refractivity contribution in [1.82, 2.24) is 10.0 Å². The quantitative estimate of drug-likeness (QED) is 0.256. The van der Waals surface area contributed by atoms with Gasteiger partial charge >= 0.3 is 0 Å². The van der Waals surface area contributed by atoms with Crippen molar-refractivity contribution >= 4 is 55.9 Å². The van der Waals surface area contributed by atoms with Crippen molar-refractivity contribution in [2.24, 2.45) is 0 Å². The second-order valence-corrected chi connectivity index (χ2v) is 24.4. The van der Waals surface area contributed by atoms with Crippen LogP contribution in [-0.2, 0) is 13.7 Å². The average Bonchev–Trinajstić information content (AvgIpc) is 3.13. The fourth-order valence-corrected chi connectivity index (χ4v) is 6.77. The minimum Gasteiger partial charge on any atom is -0.415 e. The first-order valence-electron chi connectivity index (χ1n) is 12.3. The Labute approximate surface area is 222 Å². The Bertz CT molecular complexity index is 903. The van der Waals surface area contributed by atoms with Gasteiger partial charge in [0.25, 0.3) is 5.91 Å². The molecule has 35 heavy (non-hydrogen) atoms. The fraction of sp³-hybridized carbons (Fsp3) is 0.792. The highest BCUT2D eigenvalue weighted by molar-refractivity contribution is 8.14. The Morgan fingerprint density at radius 1 is 1.14 bits per heavy atom. The Balaban J connectivity index is 2.21. The molecular weight excluding hydrogens is 515 g/mol. The molecule has 0 aliphatic carbocycles. The van der Waals surface area contributed by atoms with Crippen LogP contribution in [0.5, 0.6) is 0 Å². The largest absolute Gasteiger partial charge is 0.415 e. The van der Waals surface area contributed by atoms with Crippen LogP contribution in [0.2, 0.25) is 36.3 Å². The van der Waals surface area contributed by atoms with Crippen molar-refractivity contribution in [2.45, 2.75) is 103 Å². The molecule has 200 valence electrons. The monoisotopic (exact) mass is 559 g/mol. The van der Waals surface area contributed by atoms with Crippen LogP contribution in [0.3, 0.4) is 0 Å². The van der Waals surface area contributed by atoms with Crippen LogP contribution in [0.4, 0.5) is 5.13 Å². The van der Waals surface area contributed by atoms with Gasteiger partial charge in [0.15, 0.2) is 18.6 Å². The van der Waals surface area contributed by atoms with Gasteiger partial charge in [-0.15, -0.1) is 11.3 Å². The van der Waals surface area contributed by atoms with Gasteiger partial charge in [0.1, 0.15) is 5.69 Å². The lowest BCUT2D eigenvalue weighted by molar-refractivity contribution is -0.109. The smallest absolute Gasteiger partial charge is 0.296 e. The Kier molecular flexibility index (Phi) is 9.54. The van der Waals surface area contributed by atoms with Gasteiger partial charge in [-0.3, -0.25) is 9.59 Å². The van der Waals surface area contributed by atoms with Gasteiger partial charge in [-0.1, -0.05) is 53.3 Å². The second-order valence-electron chi connectivity index (χ2n) is 12.6. The van der Waals surface area contributed by atoms with E-state index in [4.69, 9.17) is 8.95 Å². The van der Waals surface area contributed by atoms with Crippen LogP contribution in [0.1, 0.15) is 65.9 Å². The van der Waals surface area contributed by atoms with Gasteiger partial charge in [-0.25, -0.2) is 10.0 Å². The molecule has 0 spiro atoms. The summed E-state index contributed by atoms with van der Waals surface area (Å²) < 4.78 is 13.0. The van der Waals surface area contributed by atoms with Gasteiger partial charge in [-0.05, 0) is 43.2 Å². The maximum atomic E-state index is 13.7. The zero-order valence-corrected chi connectivity index (χ0v) is 27.3. The number of rotatable bonds is 9. The van der Waals surface area contributed by atoms with Crippen LogP contribution >= 0.6 is 23.1 Å². The number of hydrogen-bond acceptors (Lipinski definition) is 8. The Morgan fingerprint density at radius 2 is 1.69 bits per heavy atom. The zero-order chi connectivity index (χ0) is 27.0. The zero-order valence-electron chi connectivity index (χ0n) is 23.6. The van der Waals surface area contributed by atoms with Crippen molar-refractivity contribution in [3.63, 3.8) is 0 Å². The SMILES string of the molecule is CC(=O)SC1CN(c2nc(C(=O)N(O[Si](C)(C)C(C)(C)C)C(C)CO[Si](C)(C)C(C)(C)C)cs2)C1. The molecule has 1 atom stereocenters. The van der Waals surface area contributed by atoms with Crippen molar-refractivity contribution < 1.29 is 18.5 Å². The number of hydroxylamine groups is 2. The lowest BCUT2D eigenvalue weighted by Gasteiger charge is -2.42. The van der Waals surface area contributed by atoms with Crippen molar-refractivity contribution in [1.29, 1.82) is 0 Å². The van der Waals surface area contributed by atoms with Gasteiger partial charge in [0.2, 0.25) is 8.32 Å². The molecule has 1 aromatic rings. The third-order valence-corrected chi connectivity index (χ3v) is 18.0. The van der Waals surface area contributed by atoms with E-state index < -0.39 is 16.6 Å². The maximum Gasteiger partial charge on any atom is 0.296 e. The summed E-state index contributed by atoms with van der Waals surface area (Å²) in [5.74, 6) is -0.223. The number of anilines is 1. The molecule has 0 N–H and O–H groups in total. The van der Waals surface area contributed by atoms with Gasteiger partial charge in [0, 0.05) is 30.6 Å². The Hall–Kier alpha value is -0.726. The predicted octanol–water partition coefficient (Wildman–Crippen LogP) is 6.40. The van der Waals surface area contributed by atoms with E-state index in [0.29, 0.717) is 17.6 Å². The summed E-state index contributed by atoms with van der Waals surface area (Å²) >= 11 is 2.84. The number of carbonyl (C=O) groups is 2. The summed E-state index contributed by atoms with van der Waals surface area (Å²) in [6.07, 6.45) is 0. The van der Waals surface area contributed by atoms with E-state index in [1.807, 2.05) is 12.3 Å². The third-order valence-electron chi connectivity index (χ3n) is 7.39. The van der Waals surface area contributed by atoms with E-state index in [2.05, 4.69) is 77.6 Å². The topological polar surface area (TPSA) is 72.0 Å². The molecule has 1 fully saturated rings. The molecule has 7 nitrogen and oxygen atoms in total. The molecule has 1 amide bonds. The highest BCUT2D eigenvalue weighted by atomic mass is 32.2. The number of aromatic nitrogens is 1. The maximum absolute atomic E-state index is 13.7. The van der Waals surface area contributed by atoms with Crippen LogP contribution in [-0.4, -0.2) is 68.7 Å². The van der Waals surface area contributed by atoms with E-state index in [1.165, 1.54) is 28.2 Å². The van der Waals surface area contributed by atoms with Crippen LogP contribution in [0, 0.1) is 0 Å². The number of hydrogen-bond donors (Lipinski definition) is 0. The van der Waals surface area contributed by atoms with Gasteiger partial charge in [-0.2, -0.15) is 0 Å². The standard InChI is InChI=1S/C24H45N3O4S2Si2/c1-17(15-30-34(9,10)23(3,4)5)27(31-35(11,12)24(6,7)8)21(29)20-16-32-22(25-20)26-13-19(14-26)33-18(2)28/h16-17,19H,13-15H2,1-12H3. The molecule has 1 saturated heterocycles. The molecule has 2 rings (SSSR count). The minimum absolute atomic E-state index is 0.0558. The van der Waals surface area contributed by atoms with E-state index in [-0.39, 0.29) is 27.1 Å².